The average Bonchev–Trinajstić information content (AvgIpc) is 2.14. The molecule has 0 N–H and O–H groups in total. The standard InChI is InChI=1S/C10H8F3N/c11-8-5-7(3-1-2-4-14)6-9(12)10(8)13/h5-6H,1-3H2. The molecule has 0 saturated heterocycles. The fraction of sp³-hybridized carbons (Fsp3) is 0.300. The normalized spacial score (nSPS) is 9.86. The van der Waals surface area contributed by atoms with E-state index in [1.165, 1.54) is 0 Å². The van der Waals surface area contributed by atoms with Crippen molar-refractivity contribution < 1.29 is 13.2 Å². The van der Waals surface area contributed by atoms with Crippen LogP contribution in [0.3, 0.4) is 0 Å². The Kier molecular flexibility index (Phi) is 3.52. The highest BCUT2D eigenvalue weighted by molar-refractivity contribution is 5.19. The van der Waals surface area contributed by atoms with Gasteiger partial charge in [-0.2, -0.15) is 5.26 Å². The van der Waals surface area contributed by atoms with Crippen molar-refractivity contribution in [3.05, 3.63) is 35.1 Å². The molecular weight excluding hydrogens is 191 g/mol. The van der Waals surface area contributed by atoms with Gasteiger partial charge >= 0.3 is 0 Å². The summed E-state index contributed by atoms with van der Waals surface area (Å²) in [6, 6.07) is 3.83. The molecular formula is C10H8F3N. The van der Waals surface area contributed by atoms with Gasteiger partial charge in [-0.25, -0.2) is 13.2 Å². The largest absolute Gasteiger partial charge is 0.204 e. The van der Waals surface area contributed by atoms with Gasteiger partial charge in [-0.3, -0.25) is 0 Å². The van der Waals surface area contributed by atoms with Crippen LogP contribution in [0.15, 0.2) is 12.1 Å². The van der Waals surface area contributed by atoms with E-state index in [0.29, 0.717) is 24.8 Å². The van der Waals surface area contributed by atoms with Crippen LogP contribution in [0.1, 0.15) is 18.4 Å². The first-order valence-electron chi connectivity index (χ1n) is 4.15. The van der Waals surface area contributed by atoms with Gasteiger partial charge in [0.15, 0.2) is 17.5 Å². The van der Waals surface area contributed by atoms with Crippen molar-refractivity contribution >= 4 is 0 Å². The van der Waals surface area contributed by atoms with Crippen molar-refractivity contribution in [3.8, 4) is 6.07 Å². The summed E-state index contributed by atoms with van der Waals surface area (Å²) in [5.74, 6) is -3.82. The number of nitriles is 1. The molecule has 1 aromatic carbocycles. The zero-order valence-electron chi connectivity index (χ0n) is 7.36. The summed E-state index contributed by atoms with van der Waals surface area (Å²) >= 11 is 0. The fourth-order valence-electron chi connectivity index (χ4n) is 1.12. The number of hydrogen-bond donors (Lipinski definition) is 0. The maximum atomic E-state index is 12.7. The Morgan fingerprint density at radius 2 is 1.71 bits per heavy atom. The van der Waals surface area contributed by atoms with Crippen molar-refractivity contribution in [2.24, 2.45) is 0 Å². The molecule has 0 unspecified atom stereocenters. The smallest absolute Gasteiger partial charge is 0.194 e. The van der Waals surface area contributed by atoms with E-state index < -0.39 is 17.5 Å². The van der Waals surface area contributed by atoms with Gasteiger partial charge in [0.1, 0.15) is 0 Å². The Bertz CT molecular complexity index is 345. The molecule has 74 valence electrons. The van der Waals surface area contributed by atoms with Gasteiger partial charge < -0.3 is 0 Å². The van der Waals surface area contributed by atoms with Crippen molar-refractivity contribution in [1.82, 2.24) is 0 Å². The van der Waals surface area contributed by atoms with Crippen molar-refractivity contribution in [2.75, 3.05) is 0 Å². The summed E-state index contributed by atoms with van der Waals surface area (Å²) in [6.07, 6.45) is 1.21. The zero-order valence-corrected chi connectivity index (χ0v) is 7.36. The summed E-state index contributed by atoms with van der Waals surface area (Å²) in [4.78, 5) is 0. The molecule has 1 nitrogen and oxygen atoms in total. The van der Waals surface area contributed by atoms with Gasteiger partial charge in [0.25, 0.3) is 0 Å². The molecule has 0 bridgehead atoms. The highest BCUT2D eigenvalue weighted by Crippen LogP contribution is 2.15. The second-order valence-corrected chi connectivity index (χ2v) is 2.89. The number of benzene rings is 1. The van der Waals surface area contributed by atoms with Crippen LogP contribution in [-0.2, 0) is 6.42 Å². The molecule has 0 fully saturated rings. The lowest BCUT2D eigenvalue weighted by Gasteiger charge is -2.01. The second kappa shape index (κ2) is 4.66. The summed E-state index contributed by atoms with van der Waals surface area (Å²) in [5.41, 5.74) is 0.372. The number of unbranched alkanes of at least 4 members (excludes halogenated alkanes) is 1. The lowest BCUT2D eigenvalue weighted by Crippen LogP contribution is -1.94. The first-order valence-corrected chi connectivity index (χ1v) is 4.15. The van der Waals surface area contributed by atoms with E-state index in [9.17, 15) is 13.2 Å². The Morgan fingerprint density at radius 1 is 1.14 bits per heavy atom. The first kappa shape index (κ1) is 10.6. The van der Waals surface area contributed by atoms with Crippen LogP contribution in [0.2, 0.25) is 0 Å². The monoisotopic (exact) mass is 199 g/mol. The molecule has 0 aliphatic rings. The van der Waals surface area contributed by atoms with Crippen LogP contribution >= 0.6 is 0 Å². The van der Waals surface area contributed by atoms with Crippen LogP contribution in [0.25, 0.3) is 0 Å². The van der Waals surface area contributed by atoms with E-state index in [1.54, 1.807) is 0 Å². The van der Waals surface area contributed by atoms with Crippen molar-refractivity contribution in [2.45, 2.75) is 19.3 Å². The second-order valence-electron chi connectivity index (χ2n) is 2.89. The molecule has 0 spiro atoms. The SMILES string of the molecule is N#CCCCc1cc(F)c(F)c(F)c1. The summed E-state index contributed by atoms with van der Waals surface area (Å²) in [5, 5.41) is 8.24. The Labute approximate surface area is 79.8 Å². The number of aryl methyl sites for hydroxylation is 1. The maximum absolute atomic E-state index is 12.7. The van der Waals surface area contributed by atoms with Crippen LogP contribution in [-0.4, -0.2) is 0 Å². The van der Waals surface area contributed by atoms with Crippen molar-refractivity contribution in [3.63, 3.8) is 0 Å². The van der Waals surface area contributed by atoms with Gasteiger partial charge in [-0.05, 0) is 30.5 Å². The summed E-state index contributed by atoms with van der Waals surface area (Å²) in [6.45, 7) is 0. The van der Waals surface area contributed by atoms with E-state index >= 15 is 0 Å². The van der Waals surface area contributed by atoms with E-state index in [4.69, 9.17) is 5.26 Å². The molecule has 1 rings (SSSR count). The Morgan fingerprint density at radius 3 is 2.21 bits per heavy atom. The first-order chi connectivity index (χ1) is 6.65. The third kappa shape index (κ3) is 2.49. The minimum Gasteiger partial charge on any atom is -0.204 e. The van der Waals surface area contributed by atoms with Crippen LogP contribution in [0.4, 0.5) is 13.2 Å². The van der Waals surface area contributed by atoms with Crippen LogP contribution < -0.4 is 0 Å². The molecule has 14 heavy (non-hydrogen) atoms. The van der Waals surface area contributed by atoms with Gasteiger partial charge in [-0.15, -0.1) is 0 Å². The molecule has 1 aromatic rings. The lowest BCUT2D eigenvalue weighted by atomic mass is 10.1. The van der Waals surface area contributed by atoms with E-state index in [1.807, 2.05) is 6.07 Å². The summed E-state index contributed by atoms with van der Waals surface area (Å²) < 4.78 is 37.8. The number of hydrogen-bond acceptors (Lipinski definition) is 1. The quantitative estimate of drug-likeness (QED) is 0.542. The average molecular weight is 199 g/mol. The molecule has 0 amide bonds. The lowest BCUT2D eigenvalue weighted by molar-refractivity contribution is 0.445. The molecule has 0 aliphatic carbocycles. The van der Waals surface area contributed by atoms with Crippen LogP contribution in [0, 0.1) is 28.8 Å². The molecule has 0 aromatic heterocycles. The number of nitrogens with zero attached hydrogens (tertiary/aromatic N) is 1. The highest BCUT2D eigenvalue weighted by Gasteiger charge is 2.09. The van der Waals surface area contributed by atoms with Crippen molar-refractivity contribution in [1.29, 1.82) is 5.26 Å². The van der Waals surface area contributed by atoms with Gasteiger partial charge in [-0.1, -0.05) is 0 Å². The number of halogens is 3. The fourth-order valence-corrected chi connectivity index (χ4v) is 1.12. The Balaban J connectivity index is 2.75. The molecule has 0 radical (unpaired) electrons. The minimum absolute atomic E-state index is 0.320. The third-order valence-corrected chi connectivity index (χ3v) is 1.80. The van der Waals surface area contributed by atoms with E-state index in [2.05, 4.69) is 0 Å². The molecule has 0 saturated carbocycles. The predicted octanol–water partition coefficient (Wildman–Crippen LogP) is 2.95. The molecule has 0 aliphatic heterocycles. The topological polar surface area (TPSA) is 23.8 Å². The molecule has 4 heteroatoms. The minimum atomic E-state index is -1.45. The van der Waals surface area contributed by atoms with Gasteiger partial charge in [0.05, 0.1) is 6.07 Å². The van der Waals surface area contributed by atoms with Gasteiger partial charge in [0.2, 0.25) is 0 Å². The van der Waals surface area contributed by atoms with Crippen LogP contribution in [0.5, 0.6) is 0 Å². The summed E-state index contributed by atoms with van der Waals surface area (Å²) in [7, 11) is 0. The molecule has 0 atom stereocenters. The predicted molar refractivity (Wildman–Crippen MR) is 44.9 cm³/mol. The maximum Gasteiger partial charge on any atom is 0.194 e. The van der Waals surface area contributed by atoms with E-state index in [-0.39, 0.29) is 0 Å². The molecule has 0 heterocycles. The third-order valence-electron chi connectivity index (χ3n) is 1.80. The Hall–Kier alpha value is -1.50. The van der Waals surface area contributed by atoms with E-state index in [0.717, 1.165) is 12.1 Å². The zero-order chi connectivity index (χ0) is 10.6. The highest BCUT2D eigenvalue weighted by atomic mass is 19.2. The number of rotatable bonds is 3. The van der Waals surface area contributed by atoms with Gasteiger partial charge in [0, 0.05) is 6.42 Å².